The third-order valence-corrected chi connectivity index (χ3v) is 3.57. The highest BCUT2D eigenvalue weighted by atomic mass is 35.5. The van der Waals surface area contributed by atoms with Crippen LogP contribution in [0.1, 0.15) is 24.1 Å². The molecule has 1 saturated heterocycles. The van der Waals surface area contributed by atoms with Crippen molar-refractivity contribution in [2.45, 2.75) is 25.7 Å². The van der Waals surface area contributed by atoms with Gasteiger partial charge in [-0.25, -0.2) is 9.97 Å². The number of rotatable bonds is 1. The summed E-state index contributed by atoms with van der Waals surface area (Å²) < 4.78 is 5.48. The van der Waals surface area contributed by atoms with Gasteiger partial charge in [0.05, 0.1) is 12.3 Å². The van der Waals surface area contributed by atoms with Crippen LogP contribution >= 0.6 is 11.6 Å². The summed E-state index contributed by atoms with van der Waals surface area (Å²) in [5, 5.41) is 0.380. The maximum Gasteiger partial charge on any atom is 0.224 e. The van der Waals surface area contributed by atoms with Gasteiger partial charge in [0.1, 0.15) is 5.82 Å². The van der Waals surface area contributed by atoms with E-state index in [9.17, 15) is 0 Å². The Morgan fingerprint density at radius 3 is 2.94 bits per heavy atom. The fourth-order valence-electron chi connectivity index (χ4n) is 2.60. The summed E-state index contributed by atoms with van der Waals surface area (Å²) in [6.07, 6.45) is 4.34. The number of ether oxygens (including phenoxy) is 1. The highest BCUT2D eigenvalue weighted by Crippen LogP contribution is 2.30. The second kappa shape index (κ2) is 4.78. The average Bonchev–Trinajstić information content (AvgIpc) is 2.62. The number of anilines is 1. The minimum Gasteiger partial charge on any atom is -0.380 e. The van der Waals surface area contributed by atoms with Crippen molar-refractivity contribution >= 4 is 17.4 Å². The largest absolute Gasteiger partial charge is 0.380 e. The molecule has 0 atom stereocenters. The molecule has 0 unspecified atom stereocenters. The standard InChI is InChI=1S/C12H16ClN3O/c13-12-14-10-4-1-3-9(10)11(15-12)16-5-2-7-17-8-6-16/h1-8H2. The SMILES string of the molecule is Clc1nc2c(c(N3CCCOCC3)n1)CCC2. The molecule has 5 heteroatoms. The molecule has 1 aliphatic heterocycles. The Balaban J connectivity index is 1.95. The van der Waals surface area contributed by atoms with Crippen molar-refractivity contribution in [3.05, 3.63) is 16.5 Å². The van der Waals surface area contributed by atoms with Crippen molar-refractivity contribution in [3.8, 4) is 0 Å². The summed E-state index contributed by atoms with van der Waals surface area (Å²) in [6.45, 7) is 3.52. The first kappa shape index (κ1) is 11.2. The van der Waals surface area contributed by atoms with Gasteiger partial charge in [-0.05, 0) is 37.3 Å². The molecular formula is C12H16ClN3O. The van der Waals surface area contributed by atoms with Gasteiger partial charge in [-0.15, -0.1) is 0 Å². The zero-order valence-electron chi connectivity index (χ0n) is 9.78. The Hall–Kier alpha value is -0.870. The lowest BCUT2D eigenvalue weighted by molar-refractivity contribution is 0.152. The van der Waals surface area contributed by atoms with Gasteiger partial charge in [0.15, 0.2) is 0 Å². The second-order valence-electron chi connectivity index (χ2n) is 4.55. The molecule has 0 radical (unpaired) electrons. The van der Waals surface area contributed by atoms with Crippen LogP contribution in [-0.2, 0) is 17.6 Å². The lowest BCUT2D eigenvalue weighted by Crippen LogP contribution is -2.28. The van der Waals surface area contributed by atoms with Crippen molar-refractivity contribution in [3.63, 3.8) is 0 Å². The first-order chi connectivity index (χ1) is 8.34. The van der Waals surface area contributed by atoms with Crippen LogP contribution in [0.15, 0.2) is 0 Å². The van der Waals surface area contributed by atoms with Crippen LogP contribution in [0.3, 0.4) is 0 Å². The first-order valence-corrected chi connectivity index (χ1v) is 6.60. The molecule has 0 N–H and O–H groups in total. The zero-order valence-corrected chi connectivity index (χ0v) is 10.5. The van der Waals surface area contributed by atoms with Crippen molar-refractivity contribution in [2.75, 3.05) is 31.2 Å². The maximum atomic E-state index is 6.01. The van der Waals surface area contributed by atoms with Gasteiger partial charge in [-0.1, -0.05) is 0 Å². The predicted molar refractivity (Wildman–Crippen MR) is 66.7 cm³/mol. The molecule has 1 aliphatic carbocycles. The third kappa shape index (κ3) is 2.24. The third-order valence-electron chi connectivity index (χ3n) is 3.41. The van der Waals surface area contributed by atoms with Crippen molar-refractivity contribution in [1.29, 1.82) is 0 Å². The summed E-state index contributed by atoms with van der Waals surface area (Å²) in [5.74, 6) is 1.04. The van der Waals surface area contributed by atoms with E-state index in [0.29, 0.717) is 5.28 Å². The molecule has 17 heavy (non-hydrogen) atoms. The van der Waals surface area contributed by atoms with Gasteiger partial charge in [-0.2, -0.15) is 0 Å². The van der Waals surface area contributed by atoms with Crippen molar-refractivity contribution in [2.24, 2.45) is 0 Å². The molecule has 3 rings (SSSR count). The molecule has 1 aromatic heterocycles. The number of aromatic nitrogens is 2. The summed E-state index contributed by atoms with van der Waals surface area (Å²) in [4.78, 5) is 11.1. The lowest BCUT2D eigenvalue weighted by atomic mass is 10.2. The van der Waals surface area contributed by atoms with Crippen LogP contribution in [0.4, 0.5) is 5.82 Å². The molecule has 92 valence electrons. The van der Waals surface area contributed by atoms with E-state index in [0.717, 1.165) is 57.1 Å². The van der Waals surface area contributed by atoms with E-state index in [1.807, 2.05) is 0 Å². The Labute approximate surface area is 106 Å². The fraction of sp³-hybridized carbons (Fsp3) is 0.667. The summed E-state index contributed by atoms with van der Waals surface area (Å²) in [6, 6.07) is 0. The Morgan fingerprint density at radius 1 is 1.06 bits per heavy atom. The van der Waals surface area contributed by atoms with Crippen molar-refractivity contribution < 1.29 is 4.74 Å². The molecular weight excluding hydrogens is 238 g/mol. The Bertz CT molecular complexity index is 416. The second-order valence-corrected chi connectivity index (χ2v) is 4.89. The number of halogens is 1. The van der Waals surface area contributed by atoms with E-state index in [2.05, 4.69) is 14.9 Å². The van der Waals surface area contributed by atoms with Crippen LogP contribution in [0.2, 0.25) is 5.28 Å². The van der Waals surface area contributed by atoms with E-state index in [1.54, 1.807) is 0 Å². The molecule has 1 fully saturated rings. The van der Waals surface area contributed by atoms with Gasteiger partial charge < -0.3 is 9.64 Å². The lowest BCUT2D eigenvalue weighted by Gasteiger charge is -2.23. The normalized spacial score (nSPS) is 20.2. The van der Waals surface area contributed by atoms with E-state index in [-0.39, 0.29) is 0 Å². The van der Waals surface area contributed by atoms with Gasteiger partial charge in [0, 0.05) is 25.3 Å². The molecule has 0 spiro atoms. The number of fused-ring (bicyclic) bond motifs is 1. The van der Waals surface area contributed by atoms with Crippen molar-refractivity contribution in [1.82, 2.24) is 9.97 Å². The summed E-state index contributed by atoms with van der Waals surface area (Å²) in [5.41, 5.74) is 2.45. The smallest absolute Gasteiger partial charge is 0.224 e. The van der Waals surface area contributed by atoms with Gasteiger partial charge in [-0.3, -0.25) is 0 Å². The molecule has 4 nitrogen and oxygen atoms in total. The Kier molecular flexibility index (Phi) is 3.16. The van der Waals surface area contributed by atoms with E-state index in [1.165, 1.54) is 12.0 Å². The summed E-state index contributed by atoms with van der Waals surface area (Å²) >= 11 is 6.01. The molecule has 1 aromatic rings. The van der Waals surface area contributed by atoms with Crippen LogP contribution in [0.25, 0.3) is 0 Å². The Morgan fingerprint density at radius 2 is 2.00 bits per heavy atom. The quantitative estimate of drug-likeness (QED) is 0.716. The van der Waals surface area contributed by atoms with E-state index >= 15 is 0 Å². The highest BCUT2D eigenvalue weighted by Gasteiger charge is 2.23. The first-order valence-electron chi connectivity index (χ1n) is 6.22. The number of nitrogens with zero attached hydrogens (tertiary/aromatic N) is 3. The number of hydrogen-bond donors (Lipinski definition) is 0. The van der Waals surface area contributed by atoms with E-state index < -0.39 is 0 Å². The molecule has 0 amide bonds. The van der Waals surface area contributed by atoms with Gasteiger partial charge in [0.2, 0.25) is 5.28 Å². The molecule has 0 saturated carbocycles. The van der Waals surface area contributed by atoms with Crippen LogP contribution in [0.5, 0.6) is 0 Å². The van der Waals surface area contributed by atoms with Crippen LogP contribution in [-0.4, -0.2) is 36.3 Å². The topological polar surface area (TPSA) is 38.2 Å². The van der Waals surface area contributed by atoms with E-state index in [4.69, 9.17) is 16.3 Å². The fourth-order valence-corrected chi connectivity index (χ4v) is 2.78. The monoisotopic (exact) mass is 253 g/mol. The zero-order chi connectivity index (χ0) is 11.7. The predicted octanol–water partition coefficient (Wildman–Crippen LogP) is 1.85. The summed E-state index contributed by atoms with van der Waals surface area (Å²) in [7, 11) is 0. The molecule has 2 heterocycles. The molecule has 2 aliphatic rings. The number of aryl methyl sites for hydroxylation is 1. The molecule has 0 bridgehead atoms. The van der Waals surface area contributed by atoms with Crippen LogP contribution < -0.4 is 4.90 Å². The molecule has 0 aromatic carbocycles. The minimum absolute atomic E-state index is 0.380. The number of hydrogen-bond acceptors (Lipinski definition) is 4. The van der Waals surface area contributed by atoms with Gasteiger partial charge >= 0.3 is 0 Å². The highest BCUT2D eigenvalue weighted by molar-refractivity contribution is 6.28. The van der Waals surface area contributed by atoms with Crippen LogP contribution in [0, 0.1) is 0 Å². The average molecular weight is 254 g/mol. The van der Waals surface area contributed by atoms with Gasteiger partial charge in [0.25, 0.3) is 0 Å². The maximum absolute atomic E-state index is 6.01. The minimum atomic E-state index is 0.380.